The van der Waals surface area contributed by atoms with Crippen molar-refractivity contribution in [3.05, 3.63) is 87.9 Å². The van der Waals surface area contributed by atoms with Crippen molar-refractivity contribution >= 4 is 64.1 Å². The van der Waals surface area contributed by atoms with Gasteiger partial charge in [0.25, 0.3) is 5.91 Å². The molecular formula is C24H20Cl2N2O4S. The van der Waals surface area contributed by atoms with Crippen molar-refractivity contribution in [2.24, 2.45) is 0 Å². The Morgan fingerprint density at radius 1 is 0.909 bits per heavy atom. The molecule has 0 aliphatic rings. The van der Waals surface area contributed by atoms with E-state index >= 15 is 0 Å². The summed E-state index contributed by atoms with van der Waals surface area (Å²) in [5.74, 6) is -1.18. The number of ether oxygens (including phenoxy) is 1. The molecule has 3 aromatic rings. The number of carbonyl (C=O) groups is 3. The molecule has 0 spiro atoms. The fourth-order valence-corrected chi connectivity index (χ4v) is 4.31. The maximum Gasteiger partial charge on any atom is 0.339 e. The van der Waals surface area contributed by atoms with E-state index in [1.165, 1.54) is 24.9 Å². The number of thioether (sulfide) groups is 1. The van der Waals surface area contributed by atoms with E-state index in [-0.39, 0.29) is 22.4 Å². The molecule has 3 aromatic carbocycles. The number of methoxy groups -OCH3 is 1. The highest BCUT2D eigenvalue weighted by molar-refractivity contribution is 8.00. The van der Waals surface area contributed by atoms with Crippen LogP contribution in [0.25, 0.3) is 0 Å². The van der Waals surface area contributed by atoms with Gasteiger partial charge in [-0.3, -0.25) is 9.59 Å². The van der Waals surface area contributed by atoms with Gasteiger partial charge in [-0.25, -0.2) is 4.79 Å². The Hall–Kier alpha value is -3.00. The van der Waals surface area contributed by atoms with Crippen molar-refractivity contribution in [3.63, 3.8) is 0 Å². The number of halogens is 2. The van der Waals surface area contributed by atoms with Gasteiger partial charge in [0.15, 0.2) is 0 Å². The summed E-state index contributed by atoms with van der Waals surface area (Å²) in [5, 5.41) is 5.78. The number of amides is 2. The Morgan fingerprint density at radius 2 is 1.67 bits per heavy atom. The van der Waals surface area contributed by atoms with Crippen molar-refractivity contribution in [2.45, 2.75) is 17.1 Å². The Kier molecular flexibility index (Phi) is 8.38. The minimum atomic E-state index is -0.532. The summed E-state index contributed by atoms with van der Waals surface area (Å²) in [6, 6.07) is 18.4. The van der Waals surface area contributed by atoms with Crippen LogP contribution in [0.15, 0.2) is 71.6 Å². The molecule has 3 rings (SSSR count). The zero-order valence-corrected chi connectivity index (χ0v) is 20.1. The first-order valence-electron chi connectivity index (χ1n) is 9.80. The van der Waals surface area contributed by atoms with Crippen LogP contribution in [-0.4, -0.2) is 30.1 Å². The van der Waals surface area contributed by atoms with Crippen molar-refractivity contribution in [1.29, 1.82) is 0 Å². The molecule has 2 N–H and O–H groups in total. The van der Waals surface area contributed by atoms with E-state index in [0.717, 1.165) is 4.90 Å². The van der Waals surface area contributed by atoms with Gasteiger partial charge >= 0.3 is 5.97 Å². The van der Waals surface area contributed by atoms with Gasteiger partial charge in [0.2, 0.25) is 5.91 Å². The first-order chi connectivity index (χ1) is 15.8. The van der Waals surface area contributed by atoms with Gasteiger partial charge < -0.3 is 15.4 Å². The standard InChI is InChI=1S/C24H20Cl2N2O4S/c1-14(22(29)28-21-9-4-3-8-19(21)24(31)32-2)33-17-7-5-6-16(13-17)27-23(30)18-11-10-15(25)12-20(18)26/h3-14H,1-2H3,(H,27,30)(H,28,29). The molecule has 0 bridgehead atoms. The molecule has 9 heteroatoms. The van der Waals surface area contributed by atoms with Gasteiger partial charge in [-0.2, -0.15) is 0 Å². The van der Waals surface area contributed by atoms with Crippen molar-refractivity contribution in [2.75, 3.05) is 17.7 Å². The van der Waals surface area contributed by atoms with Crippen molar-refractivity contribution in [1.82, 2.24) is 0 Å². The van der Waals surface area contributed by atoms with Gasteiger partial charge in [-0.15, -0.1) is 11.8 Å². The van der Waals surface area contributed by atoms with Crippen LogP contribution in [0.2, 0.25) is 10.0 Å². The molecule has 0 aromatic heterocycles. The molecule has 2 amide bonds. The summed E-state index contributed by atoms with van der Waals surface area (Å²) in [7, 11) is 1.28. The first kappa shape index (κ1) is 24.6. The van der Waals surface area contributed by atoms with Gasteiger partial charge in [0, 0.05) is 15.6 Å². The van der Waals surface area contributed by atoms with E-state index in [4.69, 9.17) is 27.9 Å². The number of nitrogens with one attached hydrogen (secondary N) is 2. The summed E-state index contributed by atoms with van der Waals surface area (Å²) in [6.45, 7) is 1.75. The molecule has 1 atom stereocenters. The van der Waals surface area contributed by atoms with Crippen LogP contribution >= 0.6 is 35.0 Å². The number of para-hydroxylation sites is 1. The van der Waals surface area contributed by atoms with Crippen LogP contribution in [0.4, 0.5) is 11.4 Å². The Balaban J connectivity index is 1.67. The minimum absolute atomic E-state index is 0.253. The predicted molar refractivity (Wildman–Crippen MR) is 133 cm³/mol. The number of carbonyl (C=O) groups excluding carboxylic acids is 3. The maximum absolute atomic E-state index is 12.7. The quantitative estimate of drug-likeness (QED) is 0.298. The van der Waals surface area contributed by atoms with E-state index < -0.39 is 11.2 Å². The fraction of sp³-hybridized carbons (Fsp3) is 0.125. The van der Waals surface area contributed by atoms with E-state index in [2.05, 4.69) is 10.6 Å². The highest BCUT2D eigenvalue weighted by Gasteiger charge is 2.19. The summed E-state index contributed by atoms with van der Waals surface area (Å²) < 4.78 is 4.76. The van der Waals surface area contributed by atoms with E-state index in [9.17, 15) is 14.4 Å². The molecule has 6 nitrogen and oxygen atoms in total. The second-order valence-corrected chi connectivity index (χ2v) is 9.15. The summed E-state index contributed by atoms with van der Waals surface area (Å²) in [5.41, 5.74) is 1.51. The highest BCUT2D eigenvalue weighted by atomic mass is 35.5. The monoisotopic (exact) mass is 502 g/mol. The number of hydrogen-bond acceptors (Lipinski definition) is 5. The molecule has 0 saturated carbocycles. The van der Waals surface area contributed by atoms with Crippen LogP contribution in [0.5, 0.6) is 0 Å². The fourth-order valence-electron chi connectivity index (χ4n) is 2.89. The van der Waals surface area contributed by atoms with Crippen LogP contribution in [-0.2, 0) is 9.53 Å². The van der Waals surface area contributed by atoms with E-state index in [0.29, 0.717) is 22.0 Å². The number of hydrogen-bond donors (Lipinski definition) is 2. The molecule has 0 radical (unpaired) electrons. The SMILES string of the molecule is COC(=O)c1ccccc1NC(=O)C(C)Sc1cccc(NC(=O)c2ccc(Cl)cc2Cl)c1. The van der Waals surface area contributed by atoms with Gasteiger partial charge in [0.05, 0.1) is 34.2 Å². The van der Waals surface area contributed by atoms with E-state index in [1.807, 2.05) is 6.07 Å². The third-order valence-electron chi connectivity index (χ3n) is 4.54. The van der Waals surface area contributed by atoms with Gasteiger partial charge in [-0.05, 0) is 55.5 Å². The van der Waals surface area contributed by atoms with E-state index in [1.54, 1.807) is 61.5 Å². The smallest absolute Gasteiger partial charge is 0.339 e. The van der Waals surface area contributed by atoms with Gasteiger partial charge in [-0.1, -0.05) is 41.4 Å². The molecule has 1 unspecified atom stereocenters. The number of anilines is 2. The third-order valence-corrected chi connectivity index (χ3v) is 6.18. The lowest BCUT2D eigenvalue weighted by molar-refractivity contribution is -0.115. The molecule has 0 heterocycles. The Morgan fingerprint density at radius 3 is 2.39 bits per heavy atom. The number of rotatable bonds is 7. The zero-order valence-electron chi connectivity index (χ0n) is 17.7. The van der Waals surface area contributed by atoms with Crippen LogP contribution in [0.1, 0.15) is 27.6 Å². The normalized spacial score (nSPS) is 11.4. The zero-order chi connectivity index (χ0) is 24.0. The lowest BCUT2D eigenvalue weighted by atomic mass is 10.2. The number of benzene rings is 3. The average molecular weight is 503 g/mol. The third kappa shape index (κ3) is 6.51. The van der Waals surface area contributed by atoms with Crippen molar-refractivity contribution < 1.29 is 19.1 Å². The molecule has 0 saturated heterocycles. The largest absolute Gasteiger partial charge is 0.465 e. The second kappa shape index (κ2) is 11.2. The Bertz CT molecular complexity index is 1200. The van der Waals surface area contributed by atoms with Crippen LogP contribution < -0.4 is 10.6 Å². The molecule has 0 fully saturated rings. The predicted octanol–water partition coefficient (Wildman–Crippen LogP) is 6.15. The summed E-state index contributed by atoms with van der Waals surface area (Å²) in [6.07, 6.45) is 0. The summed E-state index contributed by atoms with van der Waals surface area (Å²) >= 11 is 13.3. The first-order valence-corrected chi connectivity index (χ1v) is 11.4. The lowest BCUT2D eigenvalue weighted by Gasteiger charge is -2.15. The van der Waals surface area contributed by atoms with Gasteiger partial charge in [0.1, 0.15) is 0 Å². The van der Waals surface area contributed by atoms with Crippen molar-refractivity contribution in [3.8, 4) is 0 Å². The second-order valence-electron chi connectivity index (χ2n) is 6.89. The molecule has 0 aliphatic heterocycles. The topological polar surface area (TPSA) is 84.5 Å². The summed E-state index contributed by atoms with van der Waals surface area (Å²) in [4.78, 5) is 38.0. The maximum atomic E-state index is 12.7. The molecule has 0 aliphatic carbocycles. The molecular weight excluding hydrogens is 483 g/mol. The molecule has 33 heavy (non-hydrogen) atoms. The highest BCUT2D eigenvalue weighted by Crippen LogP contribution is 2.28. The average Bonchev–Trinajstić information content (AvgIpc) is 2.79. The Labute approximate surface area is 205 Å². The minimum Gasteiger partial charge on any atom is -0.465 e. The molecule has 170 valence electrons. The number of esters is 1. The lowest BCUT2D eigenvalue weighted by Crippen LogP contribution is -2.23. The van der Waals surface area contributed by atoms with Crippen LogP contribution in [0, 0.1) is 0 Å². The van der Waals surface area contributed by atoms with Crippen LogP contribution in [0.3, 0.4) is 0 Å².